The Hall–Kier alpha value is -2.04. The van der Waals surface area contributed by atoms with E-state index < -0.39 is 29.7 Å². The molecule has 1 saturated heterocycles. The number of aromatic amines is 1. The Morgan fingerprint density at radius 1 is 1.63 bits per heavy atom. The standard InChI is InChI=1S/C12H14N2O5/c1-2-5-18-7-9-8(15)6-11(19-9)14-4-3-10(16)13-12(14)17/h3-4,8-9,11,15H,6-7H2,1H3,(H,13,16,17)/t8-,9+,11+/m0/s1. The normalized spacial score (nSPS) is 25.7. The molecule has 102 valence electrons. The number of aliphatic hydroxyl groups excluding tert-OH is 1. The third-order valence-electron chi connectivity index (χ3n) is 2.79. The van der Waals surface area contributed by atoms with Gasteiger partial charge in [0.1, 0.15) is 25.0 Å². The van der Waals surface area contributed by atoms with Gasteiger partial charge in [-0.1, -0.05) is 5.92 Å². The first-order chi connectivity index (χ1) is 9.11. The lowest BCUT2D eigenvalue weighted by Crippen LogP contribution is -2.31. The largest absolute Gasteiger partial charge is 0.444 e. The molecule has 0 radical (unpaired) electrons. The number of aliphatic hydroxyl groups is 1. The fourth-order valence-electron chi connectivity index (χ4n) is 1.89. The minimum atomic E-state index is -0.748. The zero-order valence-electron chi connectivity index (χ0n) is 10.3. The Balaban J connectivity index is 2.09. The summed E-state index contributed by atoms with van der Waals surface area (Å²) in [5, 5.41) is 9.82. The Morgan fingerprint density at radius 2 is 2.42 bits per heavy atom. The van der Waals surface area contributed by atoms with Gasteiger partial charge in [0.05, 0.1) is 6.10 Å². The van der Waals surface area contributed by atoms with E-state index in [0.717, 1.165) is 0 Å². The third kappa shape index (κ3) is 3.05. The molecule has 2 heterocycles. The number of ether oxygens (including phenoxy) is 2. The lowest BCUT2D eigenvalue weighted by atomic mass is 10.2. The minimum absolute atomic E-state index is 0.122. The molecule has 1 aromatic heterocycles. The van der Waals surface area contributed by atoms with Crippen LogP contribution in [0.5, 0.6) is 0 Å². The van der Waals surface area contributed by atoms with E-state index in [-0.39, 0.29) is 13.0 Å². The molecule has 0 saturated carbocycles. The highest BCUT2D eigenvalue weighted by molar-refractivity contribution is 4.90. The van der Waals surface area contributed by atoms with Gasteiger partial charge in [0, 0.05) is 25.6 Å². The molecule has 1 aromatic rings. The predicted octanol–water partition coefficient (Wildman–Crippen LogP) is -0.818. The fourth-order valence-corrected chi connectivity index (χ4v) is 1.89. The van der Waals surface area contributed by atoms with Crippen LogP contribution in [0.3, 0.4) is 0 Å². The monoisotopic (exact) mass is 266 g/mol. The highest BCUT2D eigenvalue weighted by Crippen LogP contribution is 2.27. The van der Waals surface area contributed by atoms with E-state index in [2.05, 4.69) is 17.0 Å². The van der Waals surface area contributed by atoms with Crippen molar-refractivity contribution in [1.29, 1.82) is 0 Å². The van der Waals surface area contributed by atoms with Gasteiger partial charge in [-0.3, -0.25) is 14.3 Å². The summed E-state index contributed by atoms with van der Waals surface area (Å²) in [6.45, 7) is 1.76. The van der Waals surface area contributed by atoms with Crippen LogP contribution in [0.15, 0.2) is 21.9 Å². The molecule has 0 unspecified atom stereocenters. The van der Waals surface area contributed by atoms with Gasteiger partial charge < -0.3 is 14.6 Å². The molecule has 0 spiro atoms. The summed E-state index contributed by atoms with van der Waals surface area (Å²) in [5.41, 5.74) is -1.04. The van der Waals surface area contributed by atoms with Crippen molar-refractivity contribution in [1.82, 2.24) is 9.55 Å². The van der Waals surface area contributed by atoms with Crippen molar-refractivity contribution < 1.29 is 14.6 Å². The summed E-state index contributed by atoms with van der Waals surface area (Å²) in [6, 6.07) is 1.23. The number of nitrogens with one attached hydrogen (secondary N) is 1. The molecule has 2 N–H and O–H groups in total. The summed E-state index contributed by atoms with van der Waals surface area (Å²) in [7, 11) is 0. The van der Waals surface area contributed by atoms with E-state index in [4.69, 9.17) is 9.47 Å². The summed E-state index contributed by atoms with van der Waals surface area (Å²) in [4.78, 5) is 24.7. The molecule has 0 aliphatic carbocycles. The van der Waals surface area contributed by atoms with Crippen molar-refractivity contribution >= 4 is 0 Å². The van der Waals surface area contributed by atoms with Gasteiger partial charge in [-0.05, 0) is 0 Å². The maximum Gasteiger partial charge on any atom is 0.330 e. The Labute approximate surface area is 108 Å². The first-order valence-corrected chi connectivity index (χ1v) is 5.80. The highest BCUT2D eigenvalue weighted by Gasteiger charge is 2.35. The van der Waals surface area contributed by atoms with E-state index in [0.29, 0.717) is 0 Å². The summed E-state index contributed by atoms with van der Waals surface area (Å²) in [6.07, 6.45) is 2.08. The van der Waals surface area contributed by atoms with Gasteiger partial charge in [0.25, 0.3) is 5.56 Å². The molecular formula is C12H14N2O5. The Bertz CT molecular complexity index is 609. The smallest absolute Gasteiger partial charge is 0.330 e. The maximum absolute atomic E-state index is 11.6. The maximum atomic E-state index is 11.6. The molecule has 2 rings (SSSR count). The molecule has 0 aromatic carbocycles. The zero-order valence-corrected chi connectivity index (χ0v) is 10.3. The van der Waals surface area contributed by atoms with Gasteiger partial charge in [0.15, 0.2) is 0 Å². The van der Waals surface area contributed by atoms with Crippen molar-refractivity contribution in [2.75, 3.05) is 6.61 Å². The third-order valence-corrected chi connectivity index (χ3v) is 2.79. The van der Waals surface area contributed by atoms with Crippen LogP contribution in [0.2, 0.25) is 0 Å². The average molecular weight is 266 g/mol. The number of H-pyrrole nitrogens is 1. The lowest BCUT2D eigenvalue weighted by Gasteiger charge is -2.14. The van der Waals surface area contributed by atoms with E-state index >= 15 is 0 Å². The topological polar surface area (TPSA) is 93.5 Å². The second-order valence-electron chi connectivity index (χ2n) is 4.11. The fraction of sp³-hybridized carbons (Fsp3) is 0.500. The van der Waals surface area contributed by atoms with E-state index in [1.807, 2.05) is 0 Å². The van der Waals surface area contributed by atoms with Crippen LogP contribution in [0.25, 0.3) is 0 Å². The van der Waals surface area contributed by atoms with Crippen molar-refractivity contribution in [2.45, 2.75) is 31.8 Å². The van der Waals surface area contributed by atoms with Gasteiger partial charge in [-0.2, -0.15) is 0 Å². The first kappa shape index (κ1) is 13.4. The number of aromatic nitrogens is 2. The van der Waals surface area contributed by atoms with Gasteiger partial charge in [-0.25, -0.2) is 4.79 Å². The number of hydrogen-bond donors (Lipinski definition) is 2. The van der Waals surface area contributed by atoms with Crippen LogP contribution in [-0.2, 0) is 9.47 Å². The van der Waals surface area contributed by atoms with Crippen LogP contribution in [0.4, 0.5) is 0 Å². The number of hydrogen-bond acceptors (Lipinski definition) is 5. The van der Waals surface area contributed by atoms with Crippen molar-refractivity contribution in [3.63, 3.8) is 0 Å². The van der Waals surface area contributed by atoms with Gasteiger partial charge in [0.2, 0.25) is 0 Å². The second-order valence-corrected chi connectivity index (χ2v) is 4.11. The molecule has 1 aliphatic heterocycles. The zero-order chi connectivity index (χ0) is 13.8. The van der Waals surface area contributed by atoms with Crippen molar-refractivity contribution in [3.05, 3.63) is 33.1 Å². The lowest BCUT2D eigenvalue weighted by molar-refractivity contribution is -0.0458. The van der Waals surface area contributed by atoms with Crippen LogP contribution >= 0.6 is 0 Å². The quantitative estimate of drug-likeness (QED) is 0.697. The molecular weight excluding hydrogens is 252 g/mol. The van der Waals surface area contributed by atoms with Crippen LogP contribution in [0, 0.1) is 12.0 Å². The molecule has 1 fully saturated rings. The van der Waals surface area contributed by atoms with Crippen LogP contribution < -0.4 is 11.2 Å². The van der Waals surface area contributed by atoms with Crippen molar-refractivity contribution in [3.8, 4) is 12.0 Å². The molecule has 0 amide bonds. The van der Waals surface area contributed by atoms with E-state index in [1.54, 1.807) is 6.92 Å². The van der Waals surface area contributed by atoms with Crippen LogP contribution in [-0.4, -0.2) is 33.5 Å². The van der Waals surface area contributed by atoms with Crippen molar-refractivity contribution in [2.24, 2.45) is 0 Å². The molecule has 7 heteroatoms. The van der Waals surface area contributed by atoms with E-state index in [9.17, 15) is 14.7 Å². The van der Waals surface area contributed by atoms with Gasteiger partial charge >= 0.3 is 5.69 Å². The Morgan fingerprint density at radius 3 is 3.11 bits per heavy atom. The number of rotatable bonds is 3. The molecule has 7 nitrogen and oxygen atoms in total. The Kier molecular flexibility index (Phi) is 4.04. The minimum Gasteiger partial charge on any atom is -0.444 e. The number of nitrogens with zero attached hydrogens (tertiary/aromatic N) is 1. The highest BCUT2D eigenvalue weighted by atomic mass is 16.6. The summed E-state index contributed by atoms with van der Waals surface area (Å²) < 4.78 is 11.7. The summed E-state index contributed by atoms with van der Waals surface area (Å²) >= 11 is 0. The van der Waals surface area contributed by atoms with Crippen LogP contribution in [0.1, 0.15) is 19.6 Å². The van der Waals surface area contributed by atoms with Gasteiger partial charge in [-0.15, -0.1) is 0 Å². The predicted molar refractivity (Wildman–Crippen MR) is 65.3 cm³/mol. The SMILES string of the molecule is CC#COC[C@H]1O[C@@H](n2ccc(=O)[nH]c2=O)C[C@@H]1O. The average Bonchev–Trinajstić information content (AvgIpc) is 2.71. The molecule has 0 bridgehead atoms. The molecule has 19 heavy (non-hydrogen) atoms. The molecule has 1 aliphatic rings. The molecule has 3 atom stereocenters. The first-order valence-electron chi connectivity index (χ1n) is 5.80. The summed E-state index contributed by atoms with van der Waals surface area (Å²) in [5.74, 6) is 2.56. The van der Waals surface area contributed by atoms with E-state index in [1.165, 1.54) is 16.8 Å². The second kappa shape index (κ2) is 5.73.